The van der Waals surface area contributed by atoms with Crippen LogP contribution in [0.1, 0.15) is 24.3 Å². The van der Waals surface area contributed by atoms with Crippen LogP contribution >= 0.6 is 0 Å². The lowest BCUT2D eigenvalue weighted by Crippen LogP contribution is -2.38. The number of nitrogens with zero attached hydrogens (tertiary/aromatic N) is 1. The van der Waals surface area contributed by atoms with Crippen LogP contribution in [-0.4, -0.2) is 17.6 Å². The topological polar surface area (TPSA) is 38.1 Å². The Bertz CT molecular complexity index is 573. The SMILES string of the molecule is Cc1nc2ccc(C(F)(F)C3CCCN3)cc2o1. The van der Waals surface area contributed by atoms with Crippen molar-refractivity contribution in [3.8, 4) is 0 Å². The first-order valence-corrected chi connectivity index (χ1v) is 6.06. The van der Waals surface area contributed by atoms with Crippen molar-refractivity contribution in [1.29, 1.82) is 0 Å². The molecule has 0 spiro atoms. The number of benzene rings is 1. The molecule has 3 nitrogen and oxygen atoms in total. The summed E-state index contributed by atoms with van der Waals surface area (Å²) >= 11 is 0. The Kier molecular flexibility index (Phi) is 2.59. The maximum atomic E-state index is 14.3. The average molecular weight is 252 g/mol. The van der Waals surface area contributed by atoms with Crippen LogP contribution in [0.15, 0.2) is 22.6 Å². The molecule has 2 heterocycles. The maximum absolute atomic E-state index is 14.3. The summed E-state index contributed by atoms with van der Waals surface area (Å²) in [5, 5.41) is 2.85. The molecular weight excluding hydrogens is 238 g/mol. The molecule has 1 saturated heterocycles. The highest BCUT2D eigenvalue weighted by molar-refractivity contribution is 5.73. The zero-order valence-electron chi connectivity index (χ0n) is 10.0. The molecule has 1 aromatic heterocycles. The number of halogens is 2. The molecule has 0 amide bonds. The van der Waals surface area contributed by atoms with Crippen LogP contribution in [0.5, 0.6) is 0 Å². The van der Waals surface area contributed by atoms with E-state index >= 15 is 0 Å². The lowest BCUT2D eigenvalue weighted by atomic mass is 9.99. The first-order valence-electron chi connectivity index (χ1n) is 6.06. The summed E-state index contributed by atoms with van der Waals surface area (Å²) in [6, 6.07) is 3.64. The van der Waals surface area contributed by atoms with Gasteiger partial charge in [0.15, 0.2) is 11.5 Å². The highest BCUT2D eigenvalue weighted by Crippen LogP contribution is 2.36. The molecule has 1 aliphatic heterocycles. The molecule has 18 heavy (non-hydrogen) atoms. The van der Waals surface area contributed by atoms with Gasteiger partial charge in [0.25, 0.3) is 5.92 Å². The predicted molar refractivity (Wildman–Crippen MR) is 63.7 cm³/mol. The number of rotatable bonds is 2. The van der Waals surface area contributed by atoms with E-state index in [9.17, 15) is 8.78 Å². The number of aryl methyl sites for hydroxylation is 1. The summed E-state index contributed by atoms with van der Waals surface area (Å²) in [4.78, 5) is 4.11. The van der Waals surface area contributed by atoms with Gasteiger partial charge in [-0.3, -0.25) is 0 Å². The van der Waals surface area contributed by atoms with Crippen molar-refractivity contribution in [1.82, 2.24) is 10.3 Å². The van der Waals surface area contributed by atoms with Gasteiger partial charge >= 0.3 is 0 Å². The van der Waals surface area contributed by atoms with Gasteiger partial charge in [0.2, 0.25) is 0 Å². The van der Waals surface area contributed by atoms with Crippen LogP contribution < -0.4 is 5.32 Å². The fourth-order valence-corrected chi connectivity index (χ4v) is 2.44. The first-order chi connectivity index (χ1) is 8.57. The van der Waals surface area contributed by atoms with Crippen LogP contribution in [0.25, 0.3) is 11.1 Å². The van der Waals surface area contributed by atoms with Crippen molar-refractivity contribution < 1.29 is 13.2 Å². The molecule has 1 N–H and O–H groups in total. The lowest BCUT2D eigenvalue weighted by Gasteiger charge is -2.23. The van der Waals surface area contributed by atoms with Crippen LogP contribution in [0.2, 0.25) is 0 Å². The van der Waals surface area contributed by atoms with E-state index in [4.69, 9.17) is 4.42 Å². The number of nitrogens with one attached hydrogen (secondary N) is 1. The minimum Gasteiger partial charge on any atom is -0.441 e. The molecule has 2 aromatic rings. The Balaban J connectivity index is 2.01. The number of hydrogen-bond acceptors (Lipinski definition) is 3. The summed E-state index contributed by atoms with van der Waals surface area (Å²) < 4.78 is 33.8. The summed E-state index contributed by atoms with van der Waals surface area (Å²) in [5.41, 5.74) is 1.03. The van der Waals surface area contributed by atoms with Crippen LogP contribution in [-0.2, 0) is 5.92 Å². The molecule has 5 heteroatoms. The van der Waals surface area contributed by atoms with E-state index in [-0.39, 0.29) is 5.56 Å². The zero-order valence-corrected chi connectivity index (χ0v) is 10.0. The van der Waals surface area contributed by atoms with Gasteiger partial charge in [-0.15, -0.1) is 0 Å². The van der Waals surface area contributed by atoms with Crippen molar-refractivity contribution in [2.45, 2.75) is 31.7 Å². The Morgan fingerprint density at radius 3 is 3.00 bits per heavy atom. The fourth-order valence-electron chi connectivity index (χ4n) is 2.44. The largest absolute Gasteiger partial charge is 0.441 e. The number of hydrogen-bond donors (Lipinski definition) is 1. The number of aromatic nitrogens is 1. The van der Waals surface area contributed by atoms with Crippen LogP contribution in [0, 0.1) is 6.92 Å². The van der Waals surface area contributed by atoms with Gasteiger partial charge in [0.1, 0.15) is 5.52 Å². The van der Waals surface area contributed by atoms with E-state index in [0.29, 0.717) is 30.0 Å². The predicted octanol–water partition coefficient (Wildman–Crippen LogP) is 2.98. The van der Waals surface area contributed by atoms with E-state index < -0.39 is 12.0 Å². The third-order valence-electron chi connectivity index (χ3n) is 3.38. The summed E-state index contributed by atoms with van der Waals surface area (Å²) in [7, 11) is 0. The molecule has 96 valence electrons. The number of oxazole rings is 1. The number of fused-ring (bicyclic) bond motifs is 1. The van der Waals surface area contributed by atoms with Gasteiger partial charge in [-0.05, 0) is 31.5 Å². The van der Waals surface area contributed by atoms with Crippen molar-refractivity contribution in [3.63, 3.8) is 0 Å². The van der Waals surface area contributed by atoms with E-state index in [1.54, 1.807) is 13.0 Å². The maximum Gasteiger partial charge on any atom is 0.288 e. The third kappa shape index (κ3) is 1.79. The van der Waals surface area contributed by atoms with Gasteiger partial charge < -0.3 is 9.73 Å². The smallest absolute Gasteiger partial charge is 0.288 e. The van der Waals surface area contributed by atoms with E-state index in [2.05, 4.69) is 10.3 Å². The molecule has 1 aromatic carbocycles. The van der Waals surface area contributed by atoms with Gasteiger partial charge in [0.05, 0.1) is 6.04 Å². The Hall–Kier alpha value is -1.49. The van der Waals surface area contributed by atoms with Gasteiger partial charge in [-0.25, -0.2) is 4.98 Å². The van der Waals surface area contributed by atoms with Crippen LogP contribution in [0.3, 0.4) is 0 Å². The van der Waals surface area contributed by atoms with Gasteiger partial charge in [-0.2, -0.15) is 8.78 Å². The molecular formula is C13H14F2N2O. The molecule has 0 bridgehead atoms. The molecule has 1 atom stereocenters. The molecule has 0 aliphatic carbocycles. The summed E-state index contributed by atoms with van der Waals surface area (Å²) in [6.45, 7) is 2.36. The second-order valence-electron chi connectivity index (χ2n) is 4.69. The van der Waals surface area contributed by atoms with Gasteiger partial charge in [0, 0.05) is 12.5 Å². The van der Waals surface area contributed by atoms with E-state index in [0.717, 1.165) is 6.42 Å². The first kappa shape index (κ1) is 11.6. The molecule has 1 aliphatic rings. The molecule has 1 unspecified atom stereocenters. The van der Waals surface area contributed by atoms with Crippen molar-refractivity contribution in [2.24, 2.45) is 0 Å². The molecule has 0 saturated carbocycles. The number of alkyl halides is 2. The Labute approximate surface area is 103 Å². The third-order valence-corrected chi connectivity index (χ3v) is 3.38. The van der Waals surface area contributed by atoms with Crippen molar-refractivity contribution in [2.75, 3.05) is 6.54 Å². The van der Waals surface area contributed by atoms with E-state index in [1.807, 2.05) is 0 Å². The summed E-state index contributed by atoms with van der Waals surface area (Å²) in [6.07, 6.45) is 1.30. The molecule has 3 rings (SSSR count). The van der Waals surface area contributed by atoms with Crippen molar-refractivity contribution >= 4 is 11.1 Å². The lowest BCUT2D eigenvalue weighted by molar-refractivity contribution is -0.0375. The van der Waals surface area contributed by atoms with Gasteiger partial charge in [-0.1, -0.05) is 6.07 Å². The zero-order chi connectivity index (χ0) is 12.8. The second kappa shape index (κ2) is 4.02. The Morgan fingerprint density at radius 1 is 1.44 bits per heavy atom. The Morgan fingerprint density at radius 2 is 2.28 bits per heavy atom. The van der Waals surface area contributed by atoms with E-state index in [1.165, 1.54) is 12.1 Å². The standard InChI is InChI=1S/C13H14F2N2O/c1-8-17-10-5-4-9(7-11(10)18-8)13(14,15)12-3-2-6-16-12/h4-5,7,12,16H,2-3,6H2,1H3. The summed E-state index contributed by atoms with van der Waals surface area (Å²) in [5.74, 6) is -2.38. The second-order valence-corrected chi connectivity index (χ2v) is 4.69. The molecule has 0 radical (unpaired) electrons. The quantitative estimate of drug-likeness (QED) is 0.892. The highest BCUT2D eigenvalue weighted by atomic mass is 19.3. The van der Waals surface area contributed by atoms with Crippen LogP contribution in [0.4, 0.5) is 8.78 Å². The normalized spacial score (nSPS) is 20.7. The molecule has 1 fully saturated rings. The highest BCUT2D eigenvalue weighted by Gasteiger charge is 2.42. The minimum absolute atomic E-state index is 0.00875. The average Bonchev–Trinajstić information content (AvgIpc) is 2.95. The van der Waals surface area contributed by atoms with Crippen molar-refractivity contribution in [3.05, 3.63) is 29.7 Å². The fraction of sp³-hybridized carbons (Fsp3) is 0.462. The minimum atomic E-state index is -2.87. The monoisotopic (exact) mass is 252 g/mol.